The van der Waals surface area contributed by atoms with Crippen molar-refractivity contribution < 1.29 is 9.53 Å². The van der Waals surface area contributed by atoms with E-state index in [-0.39, 0.29) is 6.03 Å². The van der Waals surface area contributed by atoms with E-state index in [9.17, 15) is 4.79 Å². The van der Waals surface area contributed by atoms with Crippen LogP contribution < -0.4 is 10.6 Å². The van der Waals surface area contributed by atoms with Gasteiger partial charge in [0.25, 0.3) is 0 Å². The Morgan fingerprint density at radius 2 is 2.14 bits per heavy atom. The van der Waals surface area contributed by atoms with Crippen molar-refractivity contribution >= 4 is 11.7 Å². The molecule has 1 fully saturated rings. The highest BCUT2D eigenvalue weighted by Crippen LogP contribution is 2.25. The lowest BCUT2D eigenvalue weighted by molar-refractivity contribution is -0.00232. The van der Waals surface area contributed by atoms with Crippen molar-refractivity contribution in [3.63, 3.8) is 0 Å². The van der Waals surface area contributed by atoms with Gasteiger partial charge in [-0.15, -0.1) is 0 Å². The van der Waals surface area contributed by atoms with Gasteiger partial charge in [0.1, 0.15) is 0 Å². The summed E-state index contributed by atoms with van der Waals surface area (Å²) < 4.78 is 5.87. The second-order valence-corrected chi connectivity index (χ2v) is 5.92. The largest absolute Gasteiger partial charge is 0.376 e. The monoisotopic (exact) mass is 290 g/mol. The average Bonchev–Trinajstić information content (AvgIpc) is 2.45. The molecule has 0 aliphatic heterocycles. The number of amides is 2. The summed E-state index contributed by atoms with van der Waals surface area (Å²) in [6, 6.07) is 7.58. The Morgan fingerprint density at radius 1 is 1.33 bits per heavy atom. The molecule has 0 spiro atoms. The molecule has 1 aromatic carbocycles. The van der Waals surface area contributed by atoms with Crippen molar-refractivity contribution in [1.29, 1.82) is 0 Å². The van der Waals surface area contributed by atoms with Crippen LogP contribution in [0.3, 0.4) is 0 Å². The molecule has 0 bridgehead atoms. The van der Waals surface area contributed by atoms with Gasteiger partial charge in [-0.2, -0.15) is 0 Å². The van der Waals surface area contributed by atoms with Gasteiger partial charge >= 0.3 is 6.03 Å². The van der Waals surface area contributed by atoms with Crippen molar-refractivity contribution in [3.8, 4) is 0 Å². The highest BCUT2D eigenvalue weighted by molar-refractivity contribution is 5.89. The number of carbonyl (C=O) groups is 1. The lowest BCUT2D eigenvalue weighted by atomic mass is 9.88. The third kappa shape index (κ3) is 5.38. The standard InChI is InChI=1S/C17H26N2O2/c1-13-6-5-8-15(12-13)19-17(20)18-10-11-21-16-9-4-3-7-14(16)2/h5-6,8,12,14,16H,3-4,7,9-11H2,1-2H3,(H2,18,19,20)/t14-,16+/m0/s1. The van der Waals surface area contributed by atoms with Crippen molar-refractivity contribution in [2.24, 2.45) is 5.92 Å². The average molecular weight is 290 g/mol. The normalized spacial score (nSPS) is 21.8. The lowest BCUT2D eigenvalue weighted by Gasteiger charge is -2.28. The van der Waals surface area contributed by atoms with E-state index in [0.29, 0.717) is 25.2 Å². The minimum atomic E-state index is -0.180. The van der Waals surface area contributed by atoms with Crippen molar-refractivity contribution in [2.75, 3.05) is 18.5 Å². The molecule has 116 valence electrons. The Bertz CT molecular complexity index is 462. The van der Waals surface area contributed by atoms with Crippen molar-refractivity contribution in [3.05, 3.63) is 29.8 Å². The third-order valence-electron chi connectivity index (χ3n) is 4.03. The summed E-state index contributed by atoms with van der Waals surface area (Å²) in [5.41, 5.74) is 1.94. The van der Waals surface area contributed by atoms with Crippen LogP contribution in [0.4, 0.5) is 10.5 Å². The predicted octanol–water partition coefficient (Wildman–Crippen LogP) is 3.71. The van der Waals surface area contributed by atoms with E-state index in [0.717, 1.165) is 17.7 Å². The fraction of sp³-hybridized carbons (Fsp3) is 0.588. The van der Waals surface area contributed by atoms with Crippen LogP contribution >= 0.6 is 0 Å². The first-order chi connectivity index (χ1) is 10.1. The Kier molecular flexibility index (Phi) is 6.05. The van der Waals surface area contributed by atoms with E-state index < -0.39 is 0 Å². The van der Waals surface area contributed by atoms with Gasteiger partial charge in [0.15, 0.2) is 0 Å². The molecular formula is C17H26N2O2. The predicted molar refractivity (Wildman–Crippen MR) is 85.6 cm³/mol. The summed E-state index contributed by atoms with van der Waals surface area (Å²) in [4.78, 5) is 11.8. The van der Waals surface area contributed by atoms with E-state index in [1.807, 2.05) is 31.2 Å². The number of hydrogen-bond donors (Lipinski definition) is 2. The summed E-state index contributed by atoms with van der Waals surface area (Å²) >= 11 is 0. The first-order valence-corrected chi connectivity index (χ1v) is 7.88. The maximum atomic E-state index is 11.8. The topological polar surface area (TPSA) is 50.4 Å². The second-order valence-electron chi connectivity index (χ2n) is 5.92. The lowest BCUT2D eigenvalue weighted by Crippen LogP contribution is -2.34. The number of anilines is 1. The smallest absolute Gasteiger partial charge is 0.319 e. The number of ether oxygens (including phenoxy) is 1. The fourth-order valence-corrected chi connectivity index (χ4v) is 2.80. The van der Waals surface area contributed by atoms with Crippen LogP contribution in [0.2, 0.25) is 0 Å². The van der Waals surface area contributed by atoms with E-state index in [1.54, 1.807) is 0 Å². The maximum absolute atomic E-state index is 11.8. The summed E-state index contributed by atoms with van der Waals surface area (Å²) in [7, 11) is 0. The minimum Gasteiger partial charge on any atom is -0.376 e. The van der Waals surface area contributed by atoms with Gasteiger partial charge in [0.05, 0.1) is 12.7 Å². The van der Waals surface area contributed by atoms with E-state index >= 15 is 0 Å². The summed E-state index contributed by atoms with van der Waals surface area (Å²) in [6.07, 6.45) is 5.34. The van der Waals surface area contributed by atoms with Gasteiger partial charge in [0, 0.05) is 12.2 Å². The molecule has 2 rings (SSSR count). The molecular weight excluding hydrogens is 264 g/mol. The second kappa shape index (κ2) is 8.03. The fourth-order valence-electron chi connectivity index (χ4n) is 2.80. The van der Waals surface area contributed by atoms with Crippen LogP contribution in [0, 0.1) is 12.8 Å². The first-order valence-electron chi connectivity index (χ1n) is 7.88. The molecule has 1 saturated carbocycles. The number of benzene rings is 1. The number of hydrogen-bond acceptors (Lipinski definition) is 2. The quantitative estimate of drug-likeness (QED) is 0.812. The van der Waals surface area contributed by atoms with E-state index in [4.69, 9.17) is 4.74 Å². The highest BCUT2D eigenvalue weighted by Gasteiger charge is 2.21. The van der Waals surface area contributed by atoms with Crippen molar-refractivity contribution in [2.45, 2.75) is 45.6 Å². The molecule has 21 heavy (non-hydrogen) atoms. The molecule has 1 aliphatic carbocycles. The zero-order valence-electron chi connectivity index (χ0n) is 13.0. The Hall–Kier alpha value is -1.55. The Labute approximate surface area is 127 Å². The molecule has 4 heteroatoms. The van der Waals surface area contributed by atoms with Gasteiger partial charge in [-0.1, -0.05) is 31.9 Å². The molecule has 1 aromatic rings. The third-order valence-corrected chi connectivity index (χ3v) is 4.03. The SMILES string of the molecule is Cc1cccc(NC(=O)NCCO[C@@H]2CCCC[C@@H]2C)c1. The zero-order chi connectivity index (χ0) is 15.1. The summed E-state index contributed by atoms with van der Waals surface area (Å²) in [5, 5.41) is 5.65. The number of urea groups is 1. The van der Waals surface area contributed by atoms with Crippen LogP contribution in [0.25, 0.3) is 0 Å². The molecule has 2 atom stereocenters. The Morgan fingerprint density at radius 3 is 2.90 bits per heavy atom. The van der Waals surface area contributed by atoms with Gasteiger partial charge in [-0.05, 0) is 43.4 Å². The summed E-state index contributed by atoms with van der Waals surface area (Å²) in [5.74, 6) is 0.639. The summed E-state index contributed by atoms with van der Waals surface area (Å²) in [6.45, 7) is 5.38. The molecule has 0 radical (unpaired) electrons. The van der Waals surface area contributed by atoms with Crippen LogP contribution in [0.1, 0.15) is 38.2 Å². The van der Waals surface area contributed by atoms with Gasteiger partial charge in [0.2, 0.25) is 0 Å². The molecule has 0 aromatic heterocycles. The van der Waals surface area contributed by atoms with E-state index in [2.05, 4.69) is 17.6 Å². The van der Waals surface area contributed by atoms with Gasteiger partial charge in [-0.3, -0.25) is 0 Å². The molecule has 4 nitrogen and oxygen atoms in total. The van der Waals surface area contributed by atoms with Crippen molar-refractivity contribution in [1.82, 2.24) is 5.32 Å². The molecule has 1 aliphatic rings. The molecule has 0 saturated heterocycles. The first kappa shape index (κ1) is 15.8. The zero-order valence-corrected chi connectivity index (χ0v) is 13.0. The van der Waals surface area contributed by atoms with Gasteiger partial charge < -0.3 is 15.4 Å². The molecule has 0 unspecified atom stereocenters. The van der Waals surface area contributed by atoms with Crippen LogP contribution in [0.15, 0.2) is 24.3 Å². The van der Waals surface area contributed by atoms with Crippen LogP contribution in [-0.4, -0.2) is 25.3 Å². The van der Waals surface area contributed by atoms with Gasteiger partial charge in [-0.25, -0.2) is 4.79 Å². The molecule has 2 amide bonds. The maximum Gasteiger partial charge on any atom is 0.319 e. The number of rotatable bonds is 5. The van der Waals surface area contributed by atoms with E-state index in [1.165, 1.54) is 19.3 Å². The highest BCUT2D eigenvalue weighted by atomic mass is 16.5. The van der Waals surface area contributed by atoms with Crippen LogP contribution in [-0.2, 0) is 4.74 Å². The minimum absolute atomic E-state index is 0.180. The van der Waals surface area contributed by atoms with Crippen LogP contribution in [0.5, 0.6) is 0 Å². The number of carbonyl (C=O) groups excluding carboxylic acids is 1. The molecule has 0 heterocycles. The number of aryl methyl sites for hydroxylation is 1. The number of nitrogens with one attached hydrogen (secondary N) is 2. The Balaban J connectivity index is 1.63. The molecule has 2 N–H and O–H groups in total.